The molecule has 22 heavy (non-hydrogen) atoms. The Morgan fingerprint density at radius 2 is 2.32 bits per heavy atom. The first-order valence-corrected chi connectivity index (χ1v) is 6.62. The fourth-order valence-corrected chi connectivity index (χ4v) is 2.70. The van der Waals surface area contributed by atoms with E-state index >= 15 is 0 Å². The number of aliphatic hydroxyl groups excluding tert-OH is 2. The van der Waals surface area contributed by atoms with Gasteiger partial charge in [0, 0.05) is 11.8 Å². The molecular weight excluding hydrogens is 297 g/mol. The minimum absolute atomic E-state index is 0.160. The summed E-state index contributed by atoms with van der Waals surface area (Å²) in [6, 6.07) is 0. The zero-order chi connectivity index (χ0) is 16.0. The number of hydrogen-bond acceptors (Lipinski definition) is 7. The Bertz CT molecular complexity index is 621. The highest BCUT2D eigenvalue weighted by molar-refractivity contribution is 5.98. The molecule has 1 amide bonds. The van der Waals surface area contributed by atoms with Gasteiger partial charge in [0.05, 0.1) is 18.5 Å². The third-order valence-electron chi connectivity index (χ3n) is 3.81. The first kappa shape index (κ1) is 14.9. The third kappa shape index (κ3) is 2.08. The van der Waals surface area contributed by atoms with Crippen LogP contribution in [0.4, 0.5) is 10.2 Å². The molecule has 3 heterocycles. The number of alkyl halides is 1. The van der Waals surface area contributed by atoms with Crippen molar-refractivity contribution in [1.82, 2.24) is 4.98 Å². The normalized spacial score (nSPS) is 34.0. The number of hydrogen-bond donors (Lipinski definition) is 5. The number of carbonyl (C=O) groups is 1. The smallest absolute Gasteiger partial charge is 0.250 e. The van der Waals surface area contributed by atoms with Crippen LogP contribution in [0.3, 0.4) is 0 Å². The molecule has 0 spiro atoms. The zero-order valence-corrected chi connectivity index (χ0v) is 11.4. The molecule has 1 aromatic heterocycles. The van der Waals surface area contributed by atoms with Gasteiger partial charge in [0.15, 0.2) is 12.4 Å². The van der Waals surface area contributed by atoms with E-state index in [1.54, 1.807) is 0 Å². The number of anilines is 1. The van der Waals surface area contributed by atoms with Crippen molar-refractivity contribution in [2.24, 2.45) is 16.5 Å². The SMILES string of the molecule is NC(=O)c1c[nH]c2c1C(N)N=CN2[C@@H]1O[C@H](CO)[C@@H](F)[C@H]1O. The van der Waals surface area contributed by atoms with Crippen LogP contribution in [0.25, 0.3) is 0 Å². The molecule has 9 nitrogen and oxygen atoms in total. The Balaban J connectivity index is 1.97. The second-order valence-corrected chi connectivity index (χ2v) is 5.13. The van der Waals surface area contributed by atoms with Crippen molar-refractivity contribution >= 4 is 18.1 Å². The number of carbonyl (C=O) groups excluding carboxylic acids is 1. The molecule has 7 N–H and O–H groups in total. The summed E-state index contributed by atoms with van der Waals surface area (Å²) in [5.74, 6) is -0.347. The third-order valence-corrected chi connectivity index (χ3v) is 3.81. The minimum Gasteiger partial charge on any atom is -0.394 e. The van der Waals surface area contributed by atoms with Crippen molar-refractivity contribution in [3.63, 3.8) is 0 Å². The van der Waals surface area contributed by atoms with Gasteiger partial charge in [-0.3, -0.25) is 14.7 Å². The maximum absolute atomic E-state index is 13.9. The summed E-state index contributed by atoms with van der Waals surface area (Å²) in [6.07, 6.45) is -3.65. The number of aliphatic hydroxyl groups is 2. The van der Waals surface area contributed by atoms with E-state index in [0.29, 0.717) is 11.4 Å². The lowest BCUT2D eigenvalue weighted by molar-refractivity contribution is -0.00831. The van der Waals surface area contributed by atoms with Gasteiger partial charge < -0.3 is 31.4 Å². The Labute approximate surface area is 124 Å². The van der Waals surface area contributed by atoms with Crippen LogP contribution in [0.2, 0.25) is 0 Å². The summed E-state index contributed by atoms with van der Waals surface area (Å²) in [6.45, 7) is -0.566. The molecule has 2 aliphatic rings. The molecule has 5 atom stereocenters. The summed E-state index contributed by atoms with van der Waals surface area (Å²) in [5.41, 5.74) is 11.6. The fourth-order valence-electron chi connectivity index (χ4n) is 2.70. The van der Waals surface area contributed by atoms with Gasteiger partial charge in [-0.2, -0.15) is 0 Å². The van der Waals surface area contributed by atoms with E-state index in [1.165, 1.54) is 17.4 Å². The highest BCUT2D eigenvalue weighted by Crippen LogP contribution is 2.36. The number of H-pyrrole nitrogens is 1. The highest BCUT2D eigenvalue weighted by atomic mass is 19.1. The second-order valence-electron chi connectivity index (χ2n) is 5.13. The molecule has 0 aliphatic carbocycles. The van der Waals surface area contributed by atoms with E-state index in [1.807, 2.05) is 0 Å². The van der Waals surface area contributed by atoms with Gasteiger partial charge in [-0.15, -0.1) is 0 Å². The van der Waals surface area contributed by atoms with Crippen LogP contribution >= 0.6 is 0 Å². The lowest BCUT2D eigenvalue weighted by Crippen LogP contribution is -2.45. The number of nitrogens with two attached hydrogens (primary N) is 2. The number of nitrogens with zero attached hydrogens (tertiary/aromatic N) is 2. The van der Waals surface area contributed by atoms with Gasteiger partial charge in [-0.25, -0.2) is 4.39 Å². The Morgan fingerprint density at radius 3 is 2.91 bits per heavy atom. The van der Waals surface area contributed by atoms with Gasteiger partial charge in [0.25, 0.3) is 5.91 Å². The Kier molecular flexibility index (Phi) is 3.60. The van der Waals surface area contributed by atoms with E-state index < -0.39 is 43.3 Å². The van der Waals surface area contributed by atoms with Crippen molar-refractivity contribution in [3.05, 3.63) is 17.3 Å². The van der Waals surface area contributed by atoms with Crippen molar-refractivity contribution in [3.8, 4) is 0 Å². The van der Waals surface area contributed by atoms with Gasteiger partial charge in [0.2, 0.25) is 0 Å². The van der Waals surface area contributed by atoms with Crippen LogP contribution in [-0.2, 0) is 4.74 Å². The molecule has 2 aliphatic heterocycles. The maximum Gasteiger partial charge on any atom is 0.250 e. The maximum atomic E-state index is 13.9. The molecule has 0 radical (unpaired) electrons. The van der Waals surface area contributed by atoms with Gasteiger partial charge in [-0.1, -0.05) is 0 Å². The lowest BCUT2D eigenvalue weighted by atomic mass is 10.1. The molecule has 0 bridgehead atoms. The molecule has 1 saturated heterocycles. The standard InChI is InChI=1S/C12H16FN5O4/c13-7-5(2-19)22-12(8(7)20)18-3-17-9(14)6-4(10(15)21)1-16-11(6)18/h1,3,5,7-9,12,16,19-20H,2,14H2,(H2,15,21)/t5-,7-,8-,9?,12-/m1/s1. The van der Waals surface area contributed by atoms with Crippen LogP contribution in [0.1, 0.15) is 22.1 Å². The largest absolute Gasteiger partial charge is 0.394 e. The molecular formula is C12H16FN5O4. The van der Waals surface area contributed by atoms with Gasteiger partial charge in [-0.05, 0) is 0 Å². The van der Waals surface area contributed by atoms with Crippen molar-refractivity contribution in [1.29, 1.82) is 0 Å². The molecule has 0 aromatic carbocycles. The van der Waals surface area contributed by atoms with E-state index in [4.69, 9.17) is 21.3 Å². The number of rotatable bonds is 3. The van der Waals surface area contributed by atoms with Crippen molar-refractivity contribution in [2.75, 3.05) is 11.5 Å². The van der Waals surface area contributed by atoms with Crippen molar-refractivity contribution < 1.29 is 24.1 Å². The van der Waals surface area contributed by atoms with Crippen LogP contribution in [0.5, 0.6) is 0 Å². The Morgan fingerprint density at radius 1 is 1.59 bits per heavy atom. The van der Waals surface area contributed by atoms with Gasteiger partial charge in [0.1, 0.15) is 24.2 Å². The van der Waals surface area contributed by atoms with E-state index in [2.05, 4.69) is 9.98 Å². The summed E-state index contributed by atoms with van der Waals surface area (Å²) < 4.78 is 19.2. The fraction of sp³-hybridized carbons (Fsp3) is 0.500. The second kappa shape index (κ2) is 5.32. The number of ether oxygens (including phenoxy) is 1. The average Bonchev–Trinajstić information content (AvgIpc) is 3.04. The summed E-state index contributed by atoms with van der Waals surface area (Å²) in [5, 5.41) is 19.0. The van der Waals surface area contributed by atoms with Gasteiger partial charge >= 0.3 is 0 Å². The Hall–Kier alpha value is -2.01. The molecule has 120 valence electrons. The van der Waals surface area contributed by atoms with Crippen LogP contribution < -0.4 is 16.4 Å². The topological polar surface area (TPSA) is 150 Å². The predicted molar refractivity (Wildman–Crippen MR) is 73.9 cm³/mol. The lowest BCUT2D eigenvalue weighted by Gasteiger charge is -2.31. The number of aromatic nitrogens is 1. The van der Waals surface area contributed by atoms with Crippen molar-refractivity contribution in [2.45, 2.75) is 30.8 Å². The first-order chi connectivity index (χ1) is 10.5. The number of nitrogens with one attached hydrogen (secondary N) is 1. The van der Waals surface area contributed by atoms with E-state index in [-0.39, 0.29) is 5.56 Å². The number of fused-ring (bicyclic) bond motifs is 1. The number of halogens is 1. The summed E-state index contributed by atoms with van der Waals surface area (Å²) in [7, 11) is 0. The van der Waals surface area contributed by atoms with Crippen LogP contribution in [0.15, 0.2) is 11.2 Å². The predicted octanol–water partition coefficient (Wildman–Crippen LogP) is -1.66. The number of primary amides is 1. The molecule has 1 fully saturated rings. The first-order valence-electron chi connectivity index (χ1n) is 6.62. The zero-order valence-electron chi connectivity index (χ0n) is 11.4. The molecule has 1 unspecified atom stereocenters. The molecule has 3 rings (SSSR count). The van der Waals surface area contributed by atoms with Crippen LogP contribution in [0, 0.1) is 0 Å². The van der Waals surface area contributed by atoms with Crippen LogP contribution in [-0.4, -0.2) is 58.7 Å². The minimum atomic E-state index is -1.74. The molecule has 1 aromatic rings. The number of aliphatic imine (C=N–C) groups is 1. The highest BCUT2D eigenvalue weighted by Gasteiger charge is 2.48. The summed E-state index contributed by atoms with van der Waals surface area (Å²) in [4.78, 5) is 19.6. The number of amides is 1. The number of aromatic amines is 1. The molecule has 0 saturated carbocycles. The van der Waals surface area contributed by atoms with E-state index in [9.17, 15) is 14.3 Å². The summed E-state index contributed by atoms with van der Waals surface area (Å²) >= 11 is 0. The average molecular weight is 313 g/mol. The molecule has 10 heteroatoms. The van der Waals surface area contributed by atoms with E-state index in [0.717, 1.165) is 0 Å². The quantitative estimate of drug-likeness (QED) is 0.450. The monoisotopic (exact) mass is 313 g/mol.